The van der Waals surface area contributed by atoms with Crippen LogP contribution in [0, 0.1) is 0 Å². The van der Waals surface area contributed by atoms with Crippen molar-refractivity contribution in [3.05, 3.63) is 16.7 Å². The van der Waals surface area contributed by atoms with Crippen LogP contribution in [0.5, 0.6) is 0 Å². The highest BCUT2D eigenvalue weighted by atomic mass is 32.5. The summed E-state index contributed by atoms with van der Waals surface area (Å²) in [7, 11) is 0. The maximum atomic E-state index is 11.8. The van der Waals surface area contributed by atoms with E-state index < -0.39 is 37.0 Å². The number of nitrogens with one attached hydrogen (secondary N) is 1. The molecule has 4 atom stereocenters. The molecule has 1 unspecified atom stereocenters. The maximum absolute atomic E-state index is 11.8. The van der Waals surface area contributed by atoms with Gasteiger partial charge in [0.1, 0.15) is 12.3 Å². The zero-order chi connectivity index (χ0) is 18.4. The molecule has 0 saturated carbocycles. The Morgan fingerprint density at radius 3 is 2.92 bits per heavy atom. The van der Waals surface area contributed by atoms with Crippen molar-refractivity contribution in [3.8, 4) is 0 Å². The van der Waals surface area contributed by atoms with Crippen molar-refractivity contribution >= 4 is 35.1 Å². The first-order valence-corrected chi connectivity index (χ1v) is 9.81. The average Bonchev–Trinajstić information content (AvgIpc) is 3.07. The molecule has 2 aromatic rings. The van der Waals surface area contributed by atoms with Crippen molar-refractivity contribution < 1.29 is 33.8 Å². The predicted molar refractivity (Wildman–Crippen MR) is 85.1 cm³/mol. The molecule has 2 aromatic heterocycles. The summed E-state index contributed by atoms with van der Waals surface area (Å²) in [5.74, 6) is -0.122. The van der Waals surface area contributed by atoms with E-state index >= 15 is 0 Å². The van der Waals surface area contributed by atoms with Gasteiger partial charge in [0.05, 0.1) is 12.4 Å². The summed E-state index contributed by atoms with van der Waals surface area (Å²) in [6.07, 6.45) is -3.74. The fourth-order valence-electron chi connectivity index (χ4n) is 2.42. The molecular formula is C10H15N5O8PS+. The number of nitrogen functional groups attached to an aromatic ring is 1. The third kappa shape index (κ3) is 3.87. The molecule has 3 rings (SSSR count). The van der Waals surface area contributed by atoms with Crippen molar-refractivity contribution in [3.63, 3.8) is 0 Å². The Balaban J connectivity index is 1.83. The lowest BCUT2D eigenvalue weighted by Crippen LogP contribution is -2.35. The molecule has 1 saturated heterocycles. The number of fused-ring (bicyclic) bond motifs is 1. The average molecular weight is 396 g/mol. The Hall–Kier alpha value is -1.48. The van der Waals surface area contributed by atoms with Crippen LogP contribution in [0.2, 0.25) is 0 Å². The second-order valence-electron chi connectivity index (χ2n) is 5.21. The van der Waals surface area contributed by atoms with Crippen LogP contribution in [-0.2, 0) is 20.1 Å². The number of H-pyrrole nitrogens is 1. The molecule has 1 fully saturated rings. The lowest BCUT2D eigenvalue weighted by molar-refractivity contribution is -0.148. The molecule has 0 aliphatic carbocycles. The number of rotatable bonds is 4. The molecule has 15 heteroatoms. The van der Waals surface area contributed by atoms with E-state index in [4.69, 9.17) is 25.2 Å². The fraction of sp³-hybridized carbons (Fsp3) is 0.500. The molecule has 13 nitrogen and oxygen atoms in total. The van der Waals surface area contributed by atoms with Crippen LogP contribution in [0.4, 0.5) is 5.95 Å². The van der Waals surface area contributed by atoms with E-state index in [2.05, 4.69) is 19.1 Å². The first-order chi connectivity index (χ1) is 11.7. The Bertz CT molecular complexity index is 887. The Labute approximate surface area is 142 Å². The molecule has 1 aliphatic heterocycles. The standard InChI is InChI=1S/C10H14N5O8PS/c11-10-13-7-5(8(17)14-10)12-2-15(7)4-1-3(16)6(22-4)9(18)23-25-24(19,20)21/h2-4,6,9,16,18H,1H2,(H5-,11,13,14,17,19,20,21)/p+1/t3-,4+,6-,9?/m0/s1. The van der Waals surface area contributed by atoms with E-state index in [0.717, 1.165) is 0 Å². The van der Waals surface area contributed by atoms with Crippen molar-refractivity contribution in [1.82, 2.24) is 19.5 Å². The third-order valence-corrected chi connectivity index (χ3v) is 4.76. The molecule has 0 amide bonds. The number of nitrogens with two attached hydrogens (primary N) is 1. The SMILES string of the molecule is Nc1nc2c(ncn2[C@H]2C[C@H](O)[C@@H](C(O)O[S+]=P(O)(O)O)O2)c(=O)[nH]1. The van der Waals surface area contributed by atoms with Crippen LogP contribution in [-0.4, -0.2) is 62.9 Å². The van der Waals surface area contributed by atoms with Crippen LogP contribution in [0.15, 0.2) is 11.1 Å². The van der Waals surface area contributed by atoms with Gasteiger partial charge in [-0.3, -0.25) is 29.0 Å². The number of aromatic amines is 1. The molecule has 0 bridgehead atoms. The summed E-state index contributed by atoms with van der Waals surface area (Å²) in [6, 6.07) is 0. The second kappa shape index (κ2) is 6.68. The van der Waals surface area contributed by atoms with Gasteiger partial charge in [0.2, 0.25) is 12.2 Å². The van der Waals surface area contributed by atoms with Crippen molar-refractivity contribution in [1.29, 1.82) is 0 Å². The molecule has 138 valence electrons. The van der Waals surface area contributed by atoms with Gasteiger partial charge in [-0.05, 0) is 0 Å². The topological polar surface area (TPSA) is 209 Å². The number of ether oxygens (including phenoxy) is 1. The number of nitrogens with zero attached hydrogens (tertiary/aromatic N) is 3. The van der Waals surface area contributed by atoms with E-state index in [1.807, 2.05) is 0 Å². The first kappa shape index (κ1) is 18.3. The van der Waals surface area contributed by atoms with Crippen molar-refractivity contribution in [2.24, 2.45) is 0 Å². The zero-order valence-corrected chi connectivity index (χ0v) is 14.0. The predicted octanol–water partition coefficient (Wildman–Crippen LogP) is -2.66. The largest absolute Gasteiger partial charge is 0.560 e. The summed E-state index contributed by atoms with van der Waals surface area (Å²) in [5.41, 5.74) is 5.13. The molecular weight excluding hydrogens is 381 g/mol. The van der Waals surface area contributed by atoms with Crippen LogP contribution in [0.1, 0.15) is 12.6 Å². The molecule has 1 aliphatic rings. The highest BCUT2D eigenvalue weighted by Crippen LogP contribution is 2.34. The van der Waals surface area contributed by atoms with Crippen molar-refractivity contribution in [2.75, 3.05) is 5.73 Å². The lowest BCUT2D eigenvalue weighted by atomic mass is 10.2. The summed E-state index contributed by atoms with van der Waals surface area (Å²) in [5, 5.41) is 19.9. The number of aliphatic hydroxyl groups is 2. The quantitative estimate of drug-likeness (QED) is 0.123. The molecule has 0 radical (unpaired) electrons. The Morgan fingerprint density at radius 2 is 2.24 bits per heavy atom. The van der Waals surface area contributed by atoms with Crippen molar-refractivity contribution in [2.45, 2.75) is 31.1 Å². The van der Waals surface area contributed by atoms with Gasteiger partial charge < -0.3 is 20.7 Å². The van der Waals surface area contributed by atoms with Gasteiger partial charge in [0.15, 0.2) is 11.2 Å². The van der Waals surface area contributed by atoms with Gasteiger partial charge >= 0.3 is 17.9 Å². The number of aliphatic hydroxyl groups excluding tert-OH is 2. The molecule has 0 aromatic carbocycles. The molecule has 0 spiro atoms. The van der Waals surface area contributed by atoms with E-state index in [-0.39, 0.29) is 34.8 Å². The molecule has 8 N–H and O–H groups in total. The van der Waals surface area contributed by atoms with E-state index in [9.17, 15) is 15.0 Å². The number of hydrogen-bond donors (Lipinski definition) is 7. The van der Waals surface area contributed by atoms with Crippen LogP contribution >= 0.6 is 6.72 Å². The first-order valence-electron chi connectivity index (χ1n) is 6.82. The van der Waals surface area contributed by atoms with Gasteiger partial charge in [-0.15, -0.1) is 0 Å². The monoisotopic (exact) mass is 396 g/mol. The highest BCUT2D eigenvalue weighted by Gasteiger charge is 2.43. The Kier molecular flexibility index (Phi) is 4.89. The minimum atomic E-state index is -4.32. The third-order valence-electron chi connectivity index (χ3n) is 3.42. The van der Waals surface area contributed by atoms with Crippen LogP contribution in [0.25, 0.3) is 11.2 Å². The second-order valence-corrected chi connectivity index (χ2v) is 8.49. The van der Waals surface area contributed by atoms with E-state index in [1.165, 1.54) is 10.9 Å². The highest BCUT2D eigenvalue weighted by molar-refractivity contribution is 8.13. The van der Waals surface area contributed by atoms with Gasteiger partial charge in [-0.1, -0.05) is 4.18 Å². The maximum Gasteiger partial charge on any atom is 0.560 e. The minimum absolute atomic E-state index is 0.00720. The zero-order valence-electron chi connectivity index (χ0n) is 12.3. The van der Waals surface area contributed by atoms with Gasteiger partial charge in [-0.2, -0.15) is 4.98 Å². The van der Waals surface area contributed by atoms with E-state index in [0.29, 0.717) is 0 Å². The van der Waals surface area contributed by atoms with Gasteiger partial charge in [0.25, 0.3) is 5.56 Å². The number of anilines is 1. The number of imidazole rings is 1. The smallest absolute Gasteiger partial charge is 0.390 e. The Morgan fingerprint density at radius 1 is 1.52 bits per heavy atom. The van der Waals surface area contributed by atoms with Gasteiger partial charge in [0, 0.05) is 6.42 Å². The normalized spacial score (nSPS) is 25.4. The van der Waals surface area contributed by atoms with E-state index in [1.54, 1.807) is 0 Å². The summed E-state index contributed by atoms with van der Waals surface area (Å²) < 4.78 is 11.5. The van der Waals surface area contributed by atoms with Gasteiger partial charge in [-0.25, -0.2) is 4.98 Å². The molecule has 25 heavy (non-hydrogen) atoms. The number of hydrogen-bond acceptors (Lipinski definition) is 8. The summed E-state index contributed by atoms with van der Waals surface area (Å²) in [4.78, 5) is 48.4. The lowest BCUT2D eigenvalue weighted by Gasteiger charge is -2.16. The van der Waals surface area contributed by atoms with Crippen LogP contribution in [0.3, 0.4) is 0 Å². The minimum Gasteiger partial charge on any atom is -0.390 e. The molecule has 3 heterocycles. The summed E-state index contributed by atoms with van der Waals surface area (Å²) >= 11 is -0.121. The summed E-state index contributed by atoms with van der Waals surface area (Å²) in [6.45, 7) is -4.32. The fourth-order valence-corrected chi connectivity index (χ4v) is 3.34. The number of aromatic nitrogens is 4. The van der Waals surface area contributed by atoms with Crippen LogP contribution < -0.4 is 11.3 Å².